The summed E-state index contributed by atoms with van der Waals surface area (Å²) in [5.74, 6) is -0.736. The average Bonchev–Trinajstić information content (AvgIpc) is 3.08. The van der Waals surface area contributed by atoms with E-state index < -0.39 is 11.9 Å². The number of ether oxygens (including phenoxy) is 3. The van der Waals surface area contributed by atoms with E-state index in [1.807, 2.05) is 25.1 Å². The summed E-state index contributed by atoms with van der Waals surface area (Å²) in [6.07, 6.45) is 0.0464. The summed E-state index contributed by atoms with van der Waals surface area (Å²) in [6.45, 7) is 1.81. The van der Waals surface area contributed by atoms with Crippen molar-refractivity contribution in [2.45, 2.75) is 19.9 Å². The van der Waals surface area contributed by atoms with Gasteiger partial charge in [-0.1, -0.05) is 29.0 Å². The van der Waals surface area contributed by atoms with Gasteiger partial charge in [0.05, 0.1) is 43.5 Å². The van der Waals surface area contributed by atoms with Crippen LogP contribution in [0.5, 0.6) is 5.75 Å². The maximum atomic E-state index is 12.7. The zero-order valence-corrected chi connectivity index (χ0v) is 18.4. The molecule has 0 unspecified atom stereocenters. The fourth-order valence-electron chi connectivity index (χ4n) is 3.10. The van der Waals surface area contributed by atoms with Gasteiger partial charge in [0, 0.05) is 5.56 Å². The molecular formula is C22H22N2O6S. The average molecular weight is 442 g/mol. The number of amides is 1. The lowest BCUT2D eigenvalue weighted by atomic mass is 10.1. The number of benzene rings is 2. The van der Waals surface area contributed by atoms with Crippen molar-refractivity contribution in [2.24, 2.45) is 4.99 Å². The number of rotatable bonds is 6. The fourth-order valence-corrected chi connectivity index (χ4v) is 4.19. The Bertz CT molecular complexity index is 1220. The molecule has 0 radical (unpaired) electrons. The van der Waals surface area contributed by atoms with Gasteiger partial charge in [-0.05, 0) is 31.2 Å². The molecule has 1 amide bonds. The molecule has 0 aliphatic heterocycles. The van der Waals surface area contributed by atoms with Crippen LogP contribution in [0.4, 0.5) is 0 Å². The predicted octanol–water partition coefficient (Wildman–Crippen LogP) is 2.65. The standard InChI is InChI=1S/C22H22N2O6S/c1-13-5-8-17(28-2)15(9-13)11-19(25)23-22-24(12-20(26)29-3)16-7-6-14(21(27)30-4)10-18(16)31-22/h5-10H,11-12H2,1-4H3. The van der Waals surface area contributed by atoms with Crippen molar-refractivity contribution in [1.29, 1.82) is 0 Å². The molecule has 8 nitrogen and oxygen atoms in total. The van der Waals surface area contributed by atoms with Crippen LogP contribution in [-0.2, 0) is 32.0 Å². The molecule has 31 heavy (non-hydrogen) atoms. The highest BCUT2D eigenvalue weighted by Gasteiger charge is 2.15. The summed E-state index contributed by atoms with van der Waals surface area (Å²) in [5.41, 5.74) is 2.75. The molecule has 2 aromatic carbocycles. The second kappa shape index (κ2) is 9.57. The van der Waals surface area contributed by atoms with E-state index in [0.29, 0.717) is 26.3 Å². The van der Waals surface area contributed by atoms with Crippen molar-refractivity contribution in [1.82, 2.24) is 4.57 Å². The van der Waals surface area contributed by atoms with Crippen LogP contribution in [0.25, 0.3) is 10.2 Å². The zero-order valence-electron chi connectivity index (χ0n) is 17.6. The number of aromatic nitrogens is 1. The van der Waals surface area contributed by atoms with Gasteiger partial charge in [0.2, 0.25) is 0 Å². The van der Waals surface area contributed by atoms with Crippen LogP contribution in [0.1, 0.15) is 21.5 Å². The molecule has 0 aliphatic carbocycles. The van der Waals surface area contributed by atoms with E-state index >= 15 is 0 Å². The van der Waals surface area contributed by atoms with Crippen LogP contribution in [0, 0.1) is 6.92 Å². The van der Waals surface area contributed by atoms with Crippen LogP contribution in [0.15, 0.2) is 41.4 Å². The Morgan fingerprint density at radius 1 is 1.03 bits per heavy atom. The van der Waals surface area contributed by atoms with E-state index in [0.717, 1.165) is 11.1 Å². The predicted molar refractivity (Wildman–Crippen MR) is 115 cm³/mol. The Morgan fingerprint density at radius 2 is 1.81 bits per heavy atom. The molecule has 9 heteroatoms. The van der Waals surface area contributed by atoms with E-state index in [1.165, 1.54) is 25.6 Å². The van der Waals surface area contributed by atoms with Gasteiger partial charge in [-0.2, -0.15) is 4.99 Å². The molecule has 3 aromatic rings. The normalized spacial score (nSPS) is 11.4. The van der Waals surface area contributed by atoms with Crippen molar-refractivity contribution < 1.29 is 28.6 Å². The lowest BCUT2D eigenvalue weighted by Crippen LogP contribution is -2.22. The second-order valence-corrected chi connectivity index (χ2v) is 7.73. The molecule has 162 valence electrons. The lowest BCUT2D eigenvalue weighted by molar-refractivity contribution is -0.141. The number of aryl methyl sites for hydroxylation is 1. The van der Waals surface area contributed by atoms with E-state index in [9.17, 15) is 14.4 Å². The molecule has 0 spiro atoms. The number of carbonyl (C=O) groups excluding carboxylic acids is 3. The van der Waals surface area contributed by atoms with Gasteiger partial charge in [-0.15, -0.1) is 0 Å². The summed E-state index contributed by atoms with van der Waals surface area (Å²) >= 11 is 1.20. The van der Waals surface area contributed by atoms with Crippen molar-refractivity contribution >= 4 is 39.4 Å². The molecule has 0 saturated heterocycles. The smallest absolute Gasteiger partial charge is 0.337 e. The first kappa shape index (κ1) is 22.2. The van der Waals surface area contributed by atoms with Gasteiger partial charge >= 0.3 is 11.9 Å². The molecule has 3 rings (SSSR count). The molecule has 0 aliphatic rings. The largest absolute Gasteiger partial charge is 0.496 e. The third-order valence-corrected chi connectivity index (χ3v) is 5.66. The van der Waals surface area contributed by atoms with Crippen molar-refractivity contribution in [3.63, 3.8) is 0 Å². The summed E-state index contributed by atoms with van der Waals surface area (Å²) in [5, 5.41) is 0. The molecule has 0 bridgehead atoms. The van der Waals surface area contributed by atoms with Crippen LogP contribution >= 0.6 is 11.3 Å². The van der Waals surface area contributed by atoms with Gasteiger partial charge in [0.25, 0.3) is 5.91 Å². The van der Waals surface area contributed by atoms with E-state index in [1.54, 1.807) is 29.9 Å². The highest BCUT2D eigenvalue weighted by Crippen LogP contribution is 2.22. The maximum Gasteiger partial charge on any atom is 0.337 e. The number of methoxy groups -OCH3 is 3. The van der Waals surface area contributed by atoms with E-state index in [4.69, 9.17) is 14.2 Å². The number of esters is 2. The number of nitrogens with zero attached hydrogens (tertiary/aromatic N) is 2. The Labute approximate surface area is 182 Å². The topological polar surface area (TPSA) is 96.2 Å². The second-order valence-electron chi connectivity index (χ2n) is 6.72. The minimum Gasteiger partial charge on any atom is -0.496 e. The Hall–Kier alpha value is -3.46. The summed E-state index contributed by atoms with van der Waals surface area (Å²) in [7, 11) is 4.14. The van der Waals surface area contributed by atoms with Crippen molar-refractivity contribution in [3.8, 4) is 5.75 Å². The quantitative estimate of drug-likeness (QED) is 0.545. The van der Waals surface area contributed by atoms with Gasteiger partial charge in [0.1, 0.15) is 12.3 Å². The SMILES string of the molecule is COC(=O)Cn1c(=NC(=O)Cc2cc(C)ccc2OC)sc2cc(C(=O)OC)ccc21. The third-order valence-electron chi connectivity index (χ3n) is 4.62. The third kappa shape index (κ3) is 5.00. The molecule has 0 fully saturated rings. The summed E-state index contributed by atoms with van der Waals surface area (Å²) in [4.78, 5) is 41.1. The monoisotopic (exact) mass is 442 g/mol. The highest BCUT2D eigenvalue weighted by molar-refractivity contribution is 7.16. The van der Waals surface area contributed by atoms with E-state index in [-0.39, 0.29) is 18.9 Å². The molecule has 1 aromatic heterocycles. The maximum absolute atomic E-state index is 12.7. The number of thiazole rings is 1. The lowest BCUT2D eigenvalue weighted by Gasteiger charge is -2.07. The van der Waals surface area contributed by atoms with Gasteiger partial charge < -0.3 is 18.8 Å². The summed E-state index contributed by atoms with van der Waals surface area (Å²) < 4.78 is 17.2. The van der Waals surface area contributed by atoms with Crippen molar-refractivity contribution in [3.05, 3.63) is 57.9 Å². The number of hydrogen-bond donors (Lipinski definition) is 0. The van der Waals surface area contributed by atoms with Crippen LogP contribution in [0.3, 0.4) is 0 Å². The molecule has 1 heterocycles. The minimum absolute atomic E-state index is 0.0464. The molecule has 0 saturated carbocycles. The van der Waals surface area contributed by atoms with Gasteiger partial charge in [-0.25, -0.2) is 4.79 Å². The zero-order chi connectivity index (χ0) is 22.5. The van der Waals surface area contributed by atoms with E-state index in [2.05, 4.69) is 4.99 Å². The minimum atomic E-state index is -0.481. The first-order chi connectivity index (χ1) is 14.9. The van der Waals surface area contributed by atoms with Gasteiger partial charge in [0.15, 0.2) is 4.80 Å². The summed E-state index contributed by atoms with van der Waals surface area (Å²) in [6, 6.07) is 10.5. The first-order valence-electron chi connectivity index (χ1n) is 9.36. The molecular weight excluding hydrogens is 420 g/mol. The number of carbonyl (C=O) groups is 3. The van der Waals surface area contributed by atoms with Crippen LogP contribution in [-0.4, -0.2) is 43.7 Å². The fraction of sp³-hybridized carbons (Fsp3) is 0.273. The van der Waals surface area contributed by atoms with Crippen LogP contribution in [0.2, 0.25) is 0 Å². The molecule has 0 N–H and O–H groups in total. The Morgan fingerprint density at radius 3 is 2.48 bits per heavy atom. The van der Waals surface area contributed by atoms with Gasteiger partial charge in [-0.3, -0.25) is 9.59 Å². The Kier molecular flexibility index (Phi) is 6.86. The van der Waals surface area contributed by atoms with Crippen molar-refractivity contribution in [2.75, 3.05) is 21.3 Å². The number of hydrogen-bond acceptors (Lipinski definition) is 7. The Balaban J connectivity index is 2.06. The highest BCUT2D eigenvalue weighted by atomic mass is 32.1. The molecule has 0 atom stereocenters. The number of fused-ring (bicyclic) bond motifs is 1. The first-order valence-corrected chi connectivity index (χ1v) is 10.2. The van der Waals surface area contributed by atoms with Crippen LogP contribution < -0.4 is 9.54 Å².